The maximum Gasteiger partial charge on any atom is 0.231 e. The van der Waals surface area contributed by atoms with Gasteiger partial charge in [-0.2, -0.15) is 0 Å². The van der Waals surface area contributed by atoms with Crippen molar-refractivity contribution in [3.05, 3.63) is 117 Å². The maximum absolute atomic E-state index is 5.73. The largest absolute Gasteiger partial charge is 0.486 e. The van der Waals surface area contributed by atoms with Crippen molar-refractivity contribution in [2.75, 3.05) is 31.5 Å². The van der Waals surface area contributed by atoms with Gasteiger partial charge in [0.2, 0.25) is 6.79 Å². The Balaban J connectivity index is 0.000000156. The monoisotopic (exact) mass is 843 g/mol. The number of hydrogen-bond acceptors (Lipinski definition) is 6. The molecule has 0 spiro atoms. The van der Waals surface area contributed by atoms with Gasteiger partial charge in [-0.15, -0.1) is 0 Å². The Morgan fingerprint density at radius 2 is 1.02 bits per heavy atom. The van der Waals surface area contributed by atoms with E-state index in [1.165, 1.54) is 68.5 Å². The first-order valence-corrected chi connectivity index (χ1v) is 23.5. The van der Waals surface area contributed by atoms with Crippen LogP contribution in [0.5, 0.6) is 23.0 Å². The third kappa shape index (κ3) is 11.5. The summed E-state index contributed by atoms with van der Waals surface area (Å²) in [6.45, 7) is 38.4. The number of rotatable bonds is 8. The van der Waals surface area contributed by atoms with Gasteiger partial charge in [0.05, 0.1) is 5.52 Å². The first-order valence-electron chi connectivity index (χ1n) is 23.5. The van der Waals surface area contributed by atoms with Crippen molar-refractivity contribution in [3.63, 3.8) is 0 Å². The second-order valence-corrected chi connectivity index (χ2v) is 19.6. The number of aromatic nitrogens is 1. The summed E-state index contributed by atoms with van der Waals surface area (Å²) in [6, 6.07) is 24.8. The minimum absolute atomic E-state index is 0.358. The van der Waals surface area contributed by atoms with E-state index in [4.69, 9.17) is 18.9 Å². The number of ether oxygens (including phenoxy) is 4. The predicted molar refractivity (Wildman–Crippen MR) is 263 cm³/mol. The lowest BCUT2D eigenvalue weighted by atomic mass is 9.92. The van der Waals surface area contributed by atoms with Gasteiger partial charge in [-0.3, -0.25) is 4.98 Å². The molecule has 5 aromatic rings. The molecule has 8 rings (SSSR count). The van der Waals surface area contributed by atoms with Gasteiger partial charge in [0.1, 0.15) is 13.2 Å². The molecular formula is C56H78N2O4. The lowest BCUT2D eigenvalue weighted by Gasteiger charge is -2.24. The predicted octanol–water partition coefficient (Wildman–Crippen LogP) is 15.4. The second-order valence-electron chi connectivity index (χ2n) is 19.6. The number of hydrogen-bond donors (Lipinski definition) is 0. The summed E-state index contributed by atoms with van der Waals surface area (Å²) in [5, 5.41) is 1.31. The van der Waals surface area contributed by atoms with Crippen LogP contribution in [0.15, 0.2) is 72.9 Å². The molecule has 3 aliphatic heterocycles. The zero-order valence-corrected chi connectivity index (χ0v) is 41.1. The number of benzene rings is 4. The van der Waals surface area contributed by atoms with Gasteiger partial charge in [0.15, 0.2) is 23.0 Å². The molecule has 0 atom stereocenters. The highest BCUT2D eigenvalue weighted by atomic mass is 16.7. The molecule has 4 aromatic carbocycles. The topological polar surface area (TPSA) is 53.1 Å². The van der Waals surface area contributed by atoms with Crippen molar-refractivity contribution in [3.8, 4) is 23.0 Å². The molecular weight excluding hydrogens is 765 g/mol. The highest BCUT2D eigenvalue weighted by molar-refractivity contribution is 5.86. The number of fused-ring (bicyclic) bond motifs is 4. The van der Waals surface area contributed by atoms with E-state index < -0.39 is 0 Å². The van der Waals surface area contributed by atoms with Crippen LogP contribution in [0.4, 0.5) is 5.69 Å². The first-order chi connectivity index (χ1) is 29.4. The molecule has 336 valence electrons. The smallest absolute Gasteiger partial charge is 0.231 e. The van der Waals surface area contributed by atoms with Gasteiger partial charge < -0.3 is 23.8 Å². The molecule has 0 N–H and O–H groups in total. The van der Waals surface area contributed by atoms with Gasteiger partial charge in [0.25, 0.3) is 0 Å². The van der Waals surface area contributed by atoms with Gasteiger partial charge in [-0.05, 0) is 119 Å². The van der Waals surface area contributed by atoms with Crippen molar-refractivity contribution in [1.82, 2.24) is 4.98 Å². The minimum atomic E-state index is 0.358. The lowest BCUT2D eigenvalue weighted by Crippen LogP contribution is -2.28. The average Bonchev–Trinajstić information content (AvgIpc) is 3.91. The summed E-state index contributed by atoms with van der Waals surface area (Å²) >= 11 is 0. The summed E-state index contributed by atoms with van der Waals surface area (Å²) in [5.41, 5.74) is 13.7. The third-order valence-electron chi connectivity index (χ3n) is 12.2. The van der Waals surface area contributed by atoms with Crippen molar-refractivity contribution in [2.24, 2.45) is 0 Å². The van der Waals surface area contributed by atoms with Gasteiger partial charge >= 0.3 is 0 Å². The fourth-order valence-corrected chi connectivity index (χ4v) is 8.54. The summed E-state index contributed by atoms with van der Waals surface area (Å²) in [5.74, 6) is 7.42. The standard InChI is InChI=1S/C15H19N.C14H21N.C14H20O2.C13H18O2/c1-10(2)12-7-8-13(11(3)4)15-14(12)6-5-9-16-15;1-10(2)12-6-5-7-14-13(12)8-9-15(14)11(3)4;1-9(2)11-7-12(10(3)4)14-13(8-11)15-5-6-16-14;1-8(2)10-5-11(9(3)4)13-12(6-10)14-7-15-13/h5-11H,1-4H3;5-7,10-11H,8-9H2,1-4H3;7-10H,5-6H2,1-4H3;5-6,8-9H,7H2,1-4H3. The van der Waals surface area contributed by atoms with Crippen LogP contribution in [0.2, 0.25) is 0 Å². The Labute approximate surface area is 375 Å². The minimum Gasteiger partial charge on any atom is -0.486 e. The number of pyridine rings is 1. The molecule has 6 nitrogen and oxygen atoms in total. The summed E-state index contributed by atoms with van der Waals surface area (Å²) < 4.78 is 22.4. The van der Waals surface area contributed by atoms with Crippen molar-refractivity contribution < 1.29 is 18.9 Å². The van der Waals surface area contributed by atoms with E-state index in [1.807, 2.05) is 12.3 Å². The van der Waals surface area contributed by atoms with E-state index in [1.54, 1.807) is 5.56 Å². The van der Waals surface area contributed by atoms with E-state index in [0.29, 0.717) is 67.5 Å². The molecule has 0 aliphatic carbocycles. The Morgan fingerprint density at radius 1 is 0.484 bits per heavy atom. The van der Waals surface area contributed by atoms with Crippen LogP contribution < -0.4 is 23.8 Å². The Kier molecular flexibility index (Phi) is 16.8. The van der Waals surface area contributed by atoms with Crippen LogP contribution in [-0.4, -0.2) is 37.6 Å². The average molecular weight is 843 g/mol. The summed E-state index contributed by atoms with van der Waals surface area (Å²) in [6.07, 6.45) is 3.11. The molecule has 0 saturated carbocycles. The zero-order valence-electron chi connectivity index (χ0n) is 41.1. The molecule has 0 saturated heterocycles. The van der Waals surface area contributed by atoms with Crippen LogP contribution in [-0.2, 0) is 6.42 Å². The van der Waals surface area contributed by atoms with Crippen LogP contribution in [0.3, 0.4) is 0 Å². The summed E-state index contributed by atoms with van der Waals surface area (Å²) in [4.78, 5) is 7.06. The molecule has 3 aliphatic rings. The fraction of sp³-hybridized carbons (Fsp3) is 0.518. The van der Waals surface area contributed by atoms with E-state index >= 15 is 0 Å². The summed E-state index contributed by atoms with van der Waals surface area (Å²) in [7, 11) is 0. The lowest BCUT2D eigenvalue weighted by molar-refractivity contribution is 0.169. The highest BCUT2D eigenvalue weighted by Crippen LogP contribution is 2.43. The van der Waals surface area contributed by atoms with Crippen molar-refractivity contribution in [2.45, 2.75) is 165 Å². The fourth-order valence-electron chi connectivity index (χ4n) is 8.54. The third-order valence-corrected chi connectivity index (χ3v) is 12.2. The molecule has 1 aromatic heterocycles. The van der Waals surface area contributed by atoms with Gasteiger partial charge in [0, 0.05) is 41.0 Å². The molecule has 62 heavy (non-hydrogen) atoms. The van der Waals surface area contributed by atoms with E-state index in [-0.39, 0.29) is 0 Å². The van der Waals surface area contributed by atoms with E-state index in [0.717, 1.165) is 23.0 Å². The van der Waals surface area contributed by atoms with Crippen molar-refractivity contribution in [1.29, 1.82) is 0 Å². The Bertz CT molecular complexity index is 2190. The first kappa shape index (κ1) is 48.3. The van der Waals surface area contributed by atoms with Crippen LogP contribution in [0, 0.1) is 0 Å². The van der Waals surface area contributed by atoms with E-state index in [2.05, 4.69) is 181 Å². The quantitative estimate of drug-likeness (QED) is 0.155. The molecule has 0 amide bonds. The Hall–Kier alpha value is -4.71. The van der Waals surface area contributed by atoms with Crippen LogP contribution in [0.1, 0.15) is 197 Å². The zero-order chi connectivity index (χ0) is 45.4. The van der Waals surface area contributed by atoms with Crippen LogP contribution >= 0.6 is 0 Å². The second kappa shape index (κ2) is 21.6. The number of nitrogens with zero attached hydrogens (tertiary/aromatic N) is 2. The van der Waals surface area contributed by atoms with Crippen LogP contribution in [0.25, 0.3) is 10.9 Å². The Morgan fingerprint density at radius 3 is 1.56 bits per heavy atom. The van der Waals surface area contributed by atoms with Gasteiger partial charge in [-0.25, -0.2) is 0 Å². The number of anilines is 1. The van der Waals surface area contributed by atoms with Gasteiger partial charge in [-0.1, -0.05) is 139 Å². The van der Waals surface area contributed by atoms with Crippen molar-refractivity contribution >= 4 is 16.6 Å². The molecule has 0 fully saturated rings. The molecule has 0 unspecified atom stereocenters. The molecule has 4 heterocycles. The highest BCUT2D eigenvalue weighted by Gasteiger charge is 2.25. The molecule has 0 bridgehead atoms. The van der Waals surface area contributed by atoms with E-state index in [9.17, 15) is 0 Å². The molecule has 0 radical (unpaired) electrons. The molecule has 6 heteroatoms. The normalized spacial score (nSPS) is 13.8. The maximum atomic E-state index is 5.73. The SMILES string of the molecule is CC(C)c1cc2c(c(C(C)C)c1)OCCO2.CC(C)c1cc2c(c(C(C)C)c1)OCO2.CC(C)c1ccc(C(C)C)c2ncccc12.CC(C)c1cccc2c1CCN2C(C)C.